The molecular formula is C27H23N5O5. The molecule has 3 N–H and O–H groups in total. The number of ether oxygens (including phenoxy) is 3. The first kappa shape index (κ1) is 22.5. The second-order valence-corrected chi connectivity index (χ2v) is 8.58. The van der Waals surface area contributed by atoms with Gasteiger partial charge in [0.15, 0.2) is 17.3 Å². The van der Waals surface area contributed by atoms with Crippen molar-refractivity contribution < 1.29 is 24.1 Å². The lowest BCUT2D eigenvalue weighted by atomic mass is 9.94. The number of fused-ring (bicyclic) bond motifs is 2. The normalized spacial score (nSPS) is 15.7. The molecule has 2 aliphatic rings. The zero-order valence-corrected chi connectivity index (χ0v) is 20.1. The first-order chi connectivity index (χ1) is 18.0. The van der Waals surface area contributed by atoms with Gasteiger partial charge in [0.25, 0.3) is 5.91 Å². The predicted molar refractivity (Wildman–Crippen MR) is 136 cm³/mol. The van der Waals surface area contributed by atoms with E-state index in [1.807, 2.05) is 37.3 Å². The van der Waals surface area contributed by atoms with Crippen molar-refractivity contribution in [1.29, 1.82) is 0 Å². The second-order valence-electron chi connectivity index (χ2n) is 8.58. The summed E-state index contributed by atoms with van der Waals surface area (Å²) < 4.78 is 18.2. The first-order valence-corrected chi connectivity index (χ1v) is 11.6. The van der Waals surface area contributed by atoms with Crippen LogP contribution in [0.4, 0.5) is 11.6 Å². The van der Waals surface area contributed by atoms with Crippen molar-refractivity contribution in [1.82, 2.24) is 14.8 Å². The second kappa shape index (κ2) is 8.90. The third-order valence-corrected chi connectivity index (χ3v) is 6.29. The molecule has 0 fully saturated rings. The van der Waals surface area contributed by atoms with Gasteiger partial charge in [0.2, 0.25) is 12.7 Å². The van der Waals surface area contributed by atoms with Crippen molar-refractivity contribution in [3.8, 4) is 34.4 Å². The summed E-state index contributed by atoms with van der Waals surface area (Å²) in [6, 6.07) is 18.8. The van der Waals surface area contributed by atoms with E-state index >= 15 is 0 Å². The smallest absolute Gasteiger partial charge is 0.255 e. The molecular weight excluding hydrogens is 474 g/mol. The van der Waals surface area contributed by atoms with Gasteiger partial charge in [0.1, 0.15) is 17.5 Å². The lowest BCUT2D eigenvalue weighted by molar-refractivity contribution is -0.113. The van der Waals surface area contributed by atoms with E-state index in [-0.39, 0.29) is 18.4 Å². The molecule has 1 atom stereocenters. The molecule has 3 heterocycles. The maximum atomic E-state index is 13.8. The van der Waals surface area contributed by atoms with Gasteiger partial charge in [-0.3, -0.25) is 4.79 Å². The van der Waals surface area contributed by atoms with Crippen LogP contribution >= 0.6 is 0 Å². The Bertz CT molecular complexity index is 1540. The Morgan fingerprint density at radius 2 is 1.89 bits per heavy atom. The Morgan fingerprint density at radius 1 is 1.11 bits per heavy atom. The zero-order chi connectivity index (χ0) is 25.5. The molecule has 1 aromatic heterocycles. The Kier molecular flexibility index (Phi) is 5.41. The van der Waals surface area contributed by atoms with E-state index in [0.717, 1.165) is 11.1 Å². The minimum Gasteiger partial charge on any atom is -0.508 e. The van der Waals surface area contributed by atoms with E-state index in [1.54, 1.807) is 48.2 Å². The van der Waals surface area contributed by atoms with Crippen LogP contribution in [0, 0.1) is 0 Å². The number of aromatic nitrogens is 3. The number of aromatic hydroxyl groups is 1. The average Bonchev–Trinajstić information content (AvgIpc) is 3.55. The number of methoxy groups -OCH3 is 1. The molecule has 10 nitrogen and oxygen atoms in total. The molecule has 3 aromatic carbocycles. The van der Waals surface area contributed by atoms with Gasteiger partial charge in [-0.25, -0.2) is 4.68 Å². The molecule has 1 unspecified atom stereocenters. The average molecular weight is 498 g/mol. The van der Waals surface area contributed by atoms with Crippen molar-refractivity contribution in [2.75, 3.05) is 24.5 Å². The van der Waals surface area contributed by atoms with Gasteiger partial charge in [0.05, 0.1) is 18.4 Å². The molecule has 0 bridgehead atoms. The van der Waals surface area contributed by atoms with E-state index in [1.165, 1.54) is 0 Å². The van der Waals surface area contributed by atoms with Gasteiger partial charge in [-0.2, -0.15) is 4.98 Å². The molecule has 4 aromatic rings. The number of allylic oxidation sites excluding steroid dienone is 1. The molecule has 0 aliphatic carbocycles. The van der Waals surface area contributed by atoms with Gasteiger partial charge in [-0.1, -0.05) is 18.2 Å². The third-order valence-electron chi connectivity index (χ3n) is 6.29. The molecule has 10 heteroatoms. The van der Waals surface area contributed by atoms with Gasteiger partial charge in [-0.05, 0) is 61.0 Å². The van der Waals surface area contributed by atoms with Gasteiger partial charge in [0, 0.05) is 11.3 Å². The summed E-state index contributed by atoms with van der Waals surface area (Å²) in [5.74, 6) is 2.56. The number of nitrogens with one attached hydrogen (secondary N) is 2. The lowest BCUT2D eigenvalue weighted by Gasteiger charge is -2.29. The summed E-state index contributed by atoms with van der Waals surface area (Å²) in [5.41, 5.74) is 3.14. The van der Waals surface area contributed by atoms with Crippen LogP contribution in [0.3, 0.4) is 0 Å². The monoisotopic (exact) mass is 497 g/mol. The fourth-order valence-corrected chi connectivity index (χ4v) is 4.51. The largest absolute Gasteiger partial charge is 0.508 e. The quantitative estimate of drug-likeness (QED) is 0.373. The number of phenols is 1. The van der Waals surface area contributed by atoms with E-state index in [4.69, 9.17) is 19.3 Å². The standard InChI is InChI=1S/C27H23N5O5/c1-15-23(26(34)29-19-5-3-4-6-20(19)35-2)24(17-9-12-21-22(13-17)37-14-36-21)32-27(28-15)30-25(31-32)16-7-10-18(33)11-8-16/h3-13,24,33H,14H2,1-2H3,(H,29,34)(H,28,30,31). The number of carbonyl (C=O) groups excluding carboxylic acids is 1. The summed E-state index contributed by atoms with van der Waals surface area (Å²) in [4.78, 5) is 18.4. The summed E-state index contributed by atoms with van der Waals surface area (Å²) >= 11 is 0. The third kappa shape index (κ3) is 3.98. The Labute approximate surface area is 212 Å². The summed E-state index contributed by atoms with van der Waals surface area (Å²) in [6.45, 7) is 1.97. The number of amides is 1. The van der Waals surface area contributed by atoms with Crippen LogP contribution in [0.25, 0.3) is 11.4 Å². The molecule has 37 heavy (non-hydrogen) atoms. The highest BCUT2D eigenvalue weighted by molar-refractivity contribution is 6.06. The minimum absolute atomic E-state index is 0.139. The number of phenolic OH excluding ortho intramolecular Hbond substituents is 1. The molecule has 0 spiro atoms. The highest BCUT2D eigenvalue weighted by Crippen LogP contribution is 2.41. The fraction of sp³-hybridized carbons (Fsp3) is 0.148. The van der Waals surface area contributed by atoms with Crippen molar-refractivity contribution in [2.24, 2.45) is 0 Å². The number of hydrogen-bond acceptors (Lipinski definition) is 8. The number of hydrogen-bond donors (Lipinski definition) is 3. The van der Waals surface area contributed by atoms with Crippen LogP contribution in [-0.4, -0.2) is 39.7 Å². The SMILES string of the molecule is COc1ccccc1NC(=O)C1=C(C)Nc2nc(-c3ccc(O)cc3)nn2C1c1ccc2c(c1)OCO2. The van der Waals surface area contributed by atoms with Crippen LogP contribution in [0.1, 0.15) is 18.5 Å². The Hall–Kier alpha value is -4.99. The maximum absolute atomic E-state index is 13.8. The summed E-state index contributed by atoms with van der Waals surface area (Å²) in [5, 5.41) is 20.7. The minimum atomic E-state index is -0.612. The van der Waals surface area contributed by atoms with Crippen molar-refractivity contribution >= 4 is 17.5 Å². The lowest BCUT2D eigenvalue weighted by Crippen LogP contribution is -2.31. The van der Waals surface area contributed by atoms with Crippen molar-refractivity contribution in [3.63, 3.8) is 0 Å². The number of para-hydroxylation sites is 2. The highest BCUT2D eigenvalue weighted by atomic mass is 16.7. The van der Waals surface area contributed by atoms with Crippen LogP contribution in [0.2, 0.25) is 0 Å². The number of nitrogens with zero attached hydrogens (tertiary/aromatic N) is 3. The molecule has 0 saturated heterocycles. The van der Waals surface area contributed by atoms with Crippen molar-refractivity contribution in [3.05, 3.63) is 83.6 Å². The number of benzene rings is 3. The van der Waals surface area contributed by atoms with Crippen LogP contribution < -0.4 is 24.8 Å². The molecule has 2 aliphatic heterocycles. The molecule has 186 valence electrons. The molecule has 6 rings (SSSR count). The molecule has 1 amide bonds. The van der Waals surface area contributed by atoms with Gasteiger partial charge >= 0.3 is 0 Å². The van der Waals surface area contributed by atoms with E-state index in [2.05, 4.69) is 15.6 Å². The number of anilines is 2. The molecule has 0 saturated carbocycles. The van der Waals surface area contributed by atoms with E-state index in [9.17, 15) is 9.90 Å². The van der Waals surface area contributed by atoms with Crippen molar-refractivity contribution in [2.45, 2.75) is 13.0 Å². The fourth-order valence-electron chi connectivity index (χ4n) is 4.51. The zero-order valence-electron chi connectivity index (χ0n) is 20.1. The maximum Gasteiger partial charge on any atom is 0.255 e. The highest BCUT2D eigenvalue weighted by Gasteiger charge is 2.35. The van der Waals surface area contributed by atoms with E-state index in [0.29, 0.717) is 46.0 Å². The molecule has 0 radical (unpaired) electrons. The number of carbonyl (C=O) groups is 1. The first-order valence-electron chi connectivity index (χ1n) is 11.6. The van der Waals surface area contributed by atoms with Gasteiger partial charge < -0.3 is 30.0 Å². The van der Waals surface area contributed by atoms with Crippen LogP contribution in [0.15, 0.2) is 78.0 Å². The predicted octanol–water partition coefficient (Wildman–Crippen LogP) is 4.32. The van der Waals surface area contributed by atoms with Gasteiger partial charge in [-0.15, -0.1) is 5.10 Å². The Balaban J connectivity index is 1.45. The van der Waals surface area contributed by atoms with Crippen LogP contribution in [0.5, 0.6) is 23.0 Å². The Morgan fingerprint density at radius 3 is 2.70 bits per heavy atom. The topological polar surface area (TPSA) is 120 Å². The van der Waals surface area contributed by atoms with E-state index < -0.39 is 6.04 Å². The van der Waals surface area contributed by atoms with Crippen LogP contribution in [-0.2, 0) is 4.79 Å². The number of rotatable bonds is 5. The summed E-state index contributed by atoms with van der Waals surface area (Å²) in [7, 11) is 1.56. The summed E-state index contributed by atoms with van der Waals surface area (Å²) in [6.07, 6.45) is 0.